The summed E-state index contributed by atoms with van der Waals surface area (Å²) in [6, 6.07) is 30.7. The zero-order chi connectivity index (χ0) is 63.0. The Morgan fingerprint density at radius 1 is 0.611 bits per heavy atom. The van der Waals surface area contributed by atoms with Gasteiger partial charge in [-0.1, -0.05) is 81.1 Å². The monoisotopic (exact) mass is 1850 g/mol. The maximum Gasteiger partial charge on any atom is 0.0512 e. The van der Waals surface area contributed by atoms with E-state index in [1.807, 2.05) is 12.1 Å². The van der Waals surface area contributed by atoms with Gasteiger partial charge in [-0.3, -0.25) is 20.2 Å². The normalized spacial score (nSPS) is 11.9. The minimum Gasteiger partial charge on any atom is -0.347 e. The van der Waals surface area contributed by atoms with E-state index in [1.165, 1.54) is 90.2 Å². The van der Waals surface area contributed by atoms with Crippen molar-refractivity contribution in [3.05, 3.63) is 205 Å². The van der Waals surface area contributed by atoms with Crippen LogP contribution in [0.1, 0.15) is 50.8 Å². The number of para-hydroxylation sites is 3. The minimum atomic E-state index is -0.976. The number of benzene rings is 5. The molecule has 3 N–H and O–H groups in total. The first-order valence-electron chi connectivity index (χ1n) is 26.4. The Kier molecular flexibility index (Phi) is 28.9. The van der Waals surface area contributed by atoms with Crippen LogP contribution < -0.4 is 33.8 Å². The second-order valence-corrected chi connectivity index (χ2v) is 36.4. The van der Waals surface area contributed by atoms with Gasteiger partial charge in [-0.25, -0.2) is 29.9 Å². The quantitative estimate of drug-likeness (QED) is 0.0360. The van der Waals surface area contributed by atoms with Crippen LogP contribution in [-0.4, -0.2) is 67.7 Å². The van der Waals surface area contributed by atoms with Crippen LogP contribution in [0.3, 0.4) is 0 Å². The molecular weight excluding hydrogens is 1790 g/mol. The first-order chi connectivity index (χ1) is 42.6. The summed E-state index contributed by atoms with van der Waals surface area (Å²) < 4.78 is 43.6. The van der Waals surface area contributed by atoms with E-state index in [0.717, 1.165) is 84.5 Å². The Hall–Kier alpha value is -5.66. The van der Waals surface area contributed by atoms with Gasteiger partial charge < -0.3 is 34.2 Å². The predicted molar refractivity (Wildman–Crippen MR) is 386 cm³/mol. The molecule has 0 spiro atoms. The van der Waals surface area contributed by atoms with Crippen molar-refractivity contribution in [2.75, 3.05) is 25.3 Å². The van der Waals surface area contributed by atoms with Gasteiger partial charge in [0.2, 0.25) is 28.1 Å². The molecular formula is C61H58Cl3F2I5N13O6-. The van der Waals surface area contributed by atoms with Crippen molar-refractivity contribution in [3.8, 4) is 34.0 Å². The molecule has 90 heavy (non-hydrogen) atoms. The van der Waals surface area contributed by atoms with Gasteiger partial charge in [0.1, 0.15) is 16.7 Å². The maximum absolute atomic E-state index is 13.9. The van der Waals surface area contributed by atoms with Crippen LogP contribution in [0.4, 0.5) is 37.5 Å². The molecule has 5 aromatic carbocycles. The Bertz CT molecular complexity index is 4260. The fourth-order valence-electron chi connectivity index (χ4n) is 10.4. The van der Waals surface area contributed by atoms with Crippen molar-refractivity contribution in [2.24, 2.45) is 0 Å². The Morgan fingerprint density at radius 2 is 1.08 bits per heavy atom. The number of hydrogen-bond acceptors (Lipinski definition) is 14. The van der Waals surface area contributed by atoms with E-state index in [9.17, 15) is 29.0 Å². The summed E-state index contributed by atoms with van der Waals surface area (Å²) in [7, 11) is 2.66. The number of aromatic nitrogens is 9. The third-order valence-corrected chi connectivity index (χ3v) is 14.6. The molecule has 0 saturated carbocycles. The number of nitrogens with zero attached hydrogens (tertiary/aromatic N) is 11. The largest absolute Gasteiger partial charge is 0.347 e. The van der Waals surface area contributed by atoms with Gasteiger partial charge in [0.05, 0.1) is 63.4 Å². The fraction of sp³-hybridized carbons (Fsp3) is 0.213. The molecule has 0 bridgehead atoms. The first kappa shape index (κ1) is 73.4. The zero-order valence-electron chi connectivity index (χ0n) is 46.4. The Morgan fingerprint density at radius 3 is 1.58 bits per heavy atom. The van der Waals surface area contributed by atoms with Crippen molar-refractivity contribution in [1.82, 2.24) is 43.6 Å². The maximum atomic E-state index is 13.9. The van der Waals surface area contributed by atoms with Crippen LogP contribution in [0.15, 0.2) is 140 Å². The van der Waals surface area contributed by atoms with E-state index in [0.29, 0.717) is 23.7 Å². The predicted octanol–water partition coefficient (Wildman–Crippen LogP) is 16.1. The fourth-order valence-corrected chi connectivity index (χ4v) is 10.9. The van der Waals surface area contributed by atoms with E-state index in [4.69, 9.17) is 45.3 Å². The third-order valence-electron chi connectivity index (χ3n) is 14.0. The van der Waals surface area contributed by atoms with E-state index in [2.05, 4.69) is 207 Å². The molecule has 3 aliphatic heterocycles. The summed E-state index contributed by atoms with van der Waals surface area (Å²) in [4.78, 5) is 44.0. The SMILES string of the molecule is C.C.COc1cc(F)c([N+](=O)[O-])cc1N.COc1cc(F)c([N+](=O)[O-])cc1Nc1nccc(-c2cn3c4c(cccc24)CCC3)n1.Clc1ccnc(Cl)n1.Clc1nccc(-c2cn3c4c(cccc24)CCC3)n1.II.I[I-]I.c1cc2c3c(c1)ccn3CCC2. The van der Waals surface area contributed by atoms with Crippen molar-refractivity contribution >= 4 is 171 Å². The number of rotatable bonds is 8. The molecule has 3 aliphatic rings. The molecule has 29 heteroatoms. The van der Waals surface area contributed by atoms with Crippen LogP contribution in [0, 0.1) is 31.9 Å². The number of aryl methyl sites for hydroxylation is 6. The summed E-state index contributed by atoms with van der Waals surface area (Å²) in [5.74, 6) is -1.51. The number of anilines is 3. The molecule has 19 nitrogen and oxygen atoms in total. The summed E-state index contributed by atoms with van der Waals surface area (Å²) in [5, 5.41) is 28.9. The molecule has 14 rings (SSSR count). The summed E-state index contributed by atoms with van der Waals surface area (Å²) in [6.45, 7) is 3.23. The standard InChI is InChI=1S/C22H18FN5O3.C15H12ClN3.C11H11N.C7H7FN2O3.C4H2Cl2N2.2CH4.I3.I2/c1-31-20-10-16(23)19(28(29)30)11-18(20)26-22-24-8-7-17(25-22)15-12-27-9-3-5-13-4-2-6-14(15)21(13)27;16-15-17-7-6-13(18-15)12-9-19-8-2-4-10-3-1-5-11(12)14(10)19;1-3-9-5-2-7-12-8-6-10(4-1)11(9)12;1-13-7-2-4(8)6(10(11)12)3-5(7)9;5-3-1-2-7-4(6)8-3;;;1-3-2;1-2/h2,4,6-8,10-12H,3,5,9H2,1H3,(H,24,25,26);1,3,5-7,9H,2,4,8H2;1,3-4,6,8H,2,5,7H2;2-3H,9H2,1H3;1-2H;2*1H4;;/q;;;;;;;-1;. The van der Waals surface area contributed by atoms with Crippen molar-refractivity contribution in [1.29, 1.82) is 0 Å². The number of nitrogen functional groups attached to an aromatic ring is 1. The molecule has 0 saturated heterocycles. The van der Waals surface area contributed by atoms with Crippen LogP contribution in [0.5, 0.6) is 11.5 Å². The van der Waals surface area contributed by atoms with Crippen LogP contribution in [0.2, 0.25) is 15.7 Å². The van der Waals surface area contributed by atoms with Gasteiger partial charge >= 0.3 is 61.9 Å². The van der Waals surface area contributed by atoms with Crippen molar-refractivity contribution in [2.45, 2.75) is 73.0 Å². The number of hydrogen-bond donors (Lipinski definition) is 2. The zero-order valence-corrected chi connectivity index (χ0v) is 59.4. The first-order valence-corrected chi connectivity index (χ1v) is 46.4. The molecule has 9 heterocycles. The van der Waals surface area contributed by atoms with E-state index < -0.39 is 32.9 Å². The second-order valence-electron chi connectivity index (χ2n) is 19.1. The van der Waals surface area contributed by atoms with E-state index >= 15 is 0 Å². The summed E-state index contributed by atoms with van der Waals surface area (Å²) >= 11 is 26.2. The van der Waals surface area contributed by atoms with E-state index in [1.54, 1.807) is 18.5 Å². The van der Waals surface area contributed by atoms with Gasteiger partial charge in [-0.05, 0) is 108 Å². The number of halogens is 10. The molecule has 0 unspecified atom stereocenters. The van der Waals surface area contributed by atoms with Gasteiger partial charge in [-0.15, -0.1) is 0 Å². The summed E-state index contributed by atoms with van der Waals surface area (Å²) in [6.07, 6.45) is 18.4. The number of nitro groups is 2. The van der Waals surface area contributed by atoms with Gasteiger partial charge in [-0.2, -0.15) is 8.78 Å². The molecule has 0 radical (unpaired) electrons. The van der Waals surface area contributed by atoms with Gasteiger partial charge in [0.15, 0.2) is 0 Å². The number of nitro benzene ring substituents is 2. The van der Waals surface area contributed by atoms with Gasteiger partial charge in [0, 0.05) is 140 Å². The Balaban J connectivity index is 0.000000188. The number of ether oxygens (including phenoxy) is 2. The topological polar surface area (TPSA) is 235 Å². The smallest absolute Gasteiger partial charge is 0.0512 e. The molecule has 11 aromatic rings. The number of methoxy groups -OCH3 is 2. The van der Waals surface area contributed by atoms with Crippen molar-refractivity contribution < 1.29 is 41.4 Å². The minimum absolute atomic E-state index is 0. The second kappa shape index (κ2) is 35.4. The number of nitrogens with two attached hydrogens (primary N) is 1. The average Bonchev–Trinajstić information content (AvgIpc) is 1.79. The molecule has 6 aromatic heterocycles. The van der Waals surface area contributed by atoms with Crippen LogP contribution in [0.25, 0.3) is 55.2 Å². The number of nitrogens with one attached hydrogen (secondary N) is 1. The molecule has 474 valence electrons. The molecule has 0 amide bonds. The van der Waals surface area contributed by atoms with Crippen molar-refractivity contribution in [3.63, 3.8) is 0 Å². The van der Waals surface area contributed by atoms with E-state index in [-0.39, 0.29) is 49.0 Å². The summed E-state index contributed by atoms with van der Waals surface area (Å²) in [5.41, 5.74) is 16.3. The molecule has 0 aliphatic carbocycles. The molecule has 0 fully saturated rings. The Labute approximate surface area is 585 Å². The van der Waals surface area contributed by atoms with Gasteiger partial charge in [0.25, 0.3) is 0 Å². The van der Waals surface area contributed by atoms with Crippen LogP contribution in [-0.2, 0) is 38.9 Å². The average molecular weight is 1850 g/mol. The van der Waals surface area contributed by atoms with Crippen LogP contribution >= 0.6 is 109 Å². The molecule has 0 atom stereocenters. The third kappa shape index (κ3) is 18.1.